The van der Waals surface area contributed by atoms with Gasteiger partial charge in [0.1, 0.15) is 18.1 Å². The van der Waals surface area contributed by atoms with E-state index in [0.717, 1.165) is 61.0 Å². The first kappa shape index (κ1) is 22.8. The molecule has 1 fully saturated rings. The van der Waals surface area contributed by atoms with Crippen LogP contribution in [0.5, 0.6) is 5.75 Å². The van der Waals surface area contributed by atoms with Crippen LogP contribution in [0.15, 0.2) is 96.1 Å². The average molecular weight is 471 g/mol. The lowest BCUT2D eigenvalue weighted by Crippen LogP contribution is -2.47. The second-order valence-electron chi connectivity index (χ2n) is 8.58. The van der Waals surface area contributed by atoms with E-state index in [-0.39, 0.29) is 5.78 Å². The van der Waals surface area contributed by atoms with Crippen molar-refractivity contribution in [1.29, 1.82) is 0 Å². The van der Waals surface area contributed by atoms with Crippen LogP contribution in [0.1, 0.15) is 5.56 Å². The summed E-state index contributed by atoms with van der Waals surface area (Å²) in [5.41, 5.74) is 10.7. The van der Waals surface area contributed by atoms with E-state index >= 15 is 0 Å². The minimum Gasteiger partial charge on any atom is -0.495 e. The number of para-hydroxylation sites is 2. The van der Waals surface area contributed by atoms with E-state index in [1.807, 2.05) is 66.9 Å². The van der Waals surface area contributed by atoms with Crippen LogP contribution >= 0.6 is 0 Å². The molecule has 0 spiro atoms. The van der Waals surface area contributed by atoms with Crippen molar-refractivity contribution in [3.05, 3.63) is 102 Å². The number of hydrogen-bond donors (Lipinski definition) is 2. The Morgan fingerprint density at radius 1 is 0.943 bits per heavy atom. The largest absolute Gasteiger partial charge is 0.495 e. The number of anilines is 1. The van der Waals surface area contributed by atoms with Crippen molar-refractivity contribution < 1.29 is 14.3 Å². The molecule has 0 radical (unpaired) electrons. The first-order valence-corrected chi connectivity index (χ1v) is 11.9. The van der Waals surface area contributed by atoms with Gasteiger partial charge in [0.25, 0.3) is 0 Å². The zero-order valence-corrected chi connectivity index (χ0v) is 19.9. The van der Waals surface area contributed by atoms with E-state index in [0.29, 0.717) is 17.9 Å². The van der Waals surface area contributed by atoms with E-state index in [4.69, 9.17) is 9.47 Å². The lowest BCUT2D eigenvalue weighted by molar-refractivity contribution is -0.111. The van der Waals surface area contributed by atoms with E-state index in [1.54, 1.807) is 13.2 Å². The molecule has 7 nitrogen and oxygen atoms in total. The number of nitrogens with zero attached hydrogens (tertiary/aromatic N) is 2. The Bertz CT molecular complexity index is 1190. The molecule has 35 heavy (non-hydrogen) atoms. The van der Waals surface area contributed by atoms with Gasteiger partial charge in [0.15, 0.2) is 5.78 Å². The molecule has 1 aliphatic carbocycles. The van der Waals surface area contributed by atoms with Gasteiger partial charge in [-0.2, -0.15) is 0 Å². The maximum atomic E-state index is 12.9. The summed E-state index contributed by atoms with van der Waals surface area (Å²) < 4.78 is 11.4. The molecular weight excluding hydrogens is 440 g/mol. The molecule has 5 rings (SSSR count). The molecule has 2 aliphatic heterocycles. The predicted octanol–water partition coefficient (Wildman–Crippen LogP) is 3.26. The van der Waals surface area contributed by atoms with E-state index in [1.165, 1.54) is 0 Å². The third kappa shape index (κ3) is 5.10. The van der Waals surface area contributed by atoms with Gasteiger partial charge in [-0.25, -0.2) is 0 Å². The van der Waals surface area contributed by atoms with Gasteiger partial charge in [0.05, 0.1) is 18.5 Å². The lowest BCUT2D eigenvalue weighted by Gasteiger charge is -2.36. The molecule has 2 aromatic rings. The Morgan fingerprint density at radius 2 is 1.71 bits per heavy atom. The molecule has 2 N–H and O–H groups in total. The maximum absolute atomic E-state index is 12.9. The molecule has 0 amide bonds. The van der Waals surface area contributed by atoms with Crippen molar-refractivity contribution in [2.75, 3.05) is 51.3 Å². The molecule has 7 heteroatoms. The van der Waals surface area contributed by atoms with Crippen molar-refractivity contribution >= 4 is 17.0 Å². The molecular formula is C28H30N4O3. The Balaban J connectivity index is 1.13. The highest BCUT2D eigenvalue weighted by Gasteiger charge is 2.23. The van der Waals surface area contributed by atoms with E-state index < -0.39 is 0 Å². The highest BCUT2D eigenvalue weighted by atomic mass is 16.5. The summed E-state index contributed by atoms with van der Waals surface area (Å²) in [6, 6.07) is 18.2. The molecule has 0 saturated carbocycles. The summed E-state index contributed by atoms with van der Waals surface area (Å²) in [5.74, 6) is 1.44. The Kier molecular flexibility index (Phi) is 6.86. The minimum absolute atomic E-state index is 0.0686. The standard InChI is InChI=1S/C28H30N4O3/c1-34-27-10-6-5-9-25(27)32-15-13-31(14-16-32)17-18-35-22-11-12-23(26(33)19-22)28-24(20-29-30-28)21-7-3-2-4-8-21/h2-12,19-20,29-30H,13-18H2,1H3/b28-23-. The van der Waals surface area contributed by atoms with Crippen molar-refractivity contribution in [3.63, 3.8) is 0 Å². The van der Waals surface area contributed by atoms with Crippen molar-refractivity contribution in [3.8, 4) is 5.75 Å². The molecule has 0 bridgehead atoms. The number of ketones is 1. The highest BCUT2D eigenvalue weighted by molar-refractivity contribution is 6.10. The molecule has 2 heterocycles. The van der Waals surface area contributed by atoms with Gasteiger partial charge < -0.3 is 19.8 Å². The highest BCUT2D eigenvalue weighted by Crippen LogP contribution is 2.29. The van der Waals surface area contributed by atoms with Gasteiger partial charge in [-0.3, -0.25) is 15.1 Å². The topological polar surface area (TPSA) is 66.1 Å². The Hall–Kier alpha value is -3.97. The molecule has 180 valence electrons. The normalized spacial score (nSPS) is 20.1. The first-order valence-electron chi connectivity index (χ1n) is 11.9. The number of methoxy groups -OCH3 is 1. The second kappa shape index (κ2) is 10.5. The maximum Gasteiger partial charge on any atom is 0.191 e. The summed E-state index contributed by atoms with van der Waals surface area (Å²) in [6.07, 6.45) is 7.15. The summed E-state index contributed by atoms with van der Waals surface area (Å²) in [5, 5.41) is 0. The van der Waals surface area contributed by atoms with Gasteiger partial charge in [-0.1, -0.05) is 42.5 Å². The van der Waals surface area contributed by atoms with Crippen molar-refractivity contribution in [1.82, 2.24) is 15.8 Å². The molecule has 0 aromatic heterocycles. The smallest absolute Gasteiger partial charge is 0.191 e. The number of hydrogen-bond acceptors (Lipinski definition) is 7. The minimum atomic E-state index is -0.0686. The molecule has 2 aromatic carbocycles. The summed E-state index contributed by atoms with van der Waals surface area (Å²) in [7, 11) is 1.71. The van der Waals surface area contributed by atoms with Crippen LogP contribution in [0, 0.1) is 0 Å². The third-order valence-corrected chi connectivity index (χ3v) is 6.46. The van der Waals surface area contributed by atoms with Gasteiger partial charge in [-0.15, -0.1) is 0 Å². The number of nitrogens with one attached hydrogen (secondary N) is 2. The van der Waals surface area contributed by atoms with Gasteiger partial charge >= 0.3 is 0 Å². The van der Waals surface area contributed by atoms with Gasteiger partial charge in [0, 0.05) is 56.1 Å². The lowest BCUT2D eigenvalue weighted by atomic mass is 9.96. The Morgan fingerprint density at radius 3 is 2.49 bits per heavy atom. The van der Waals surface area contributed by atoms with Crippen LogP contribution in [0.3, 0.4) is 0 Å². The number of ether oxygens (including phenoxy) is 2. The van der Waals surface area contributed by atoms with Crippen molar-refractivity contribution in [2.45, 2.75) is 0 Å². The monoisotopic (exact) mass is 470 g/mol. The molecule has 3 aliphatic rings. The number of piperazine rings is 1. The predicted molar refractivity (Wildman–Crippen MR) is 138 cm³/mol. The van der Waals surface area contributed by atoms with Crippen LogP contribution in [0.25, 0.3) is 5.57 Å². The zero-order valence-electron chi connectivity index (χ0n) is 19.9. The second-order valence-corrected chi connectivity index (χ2v) is 8.58. The summed E-state index contributed by atoms with van der Waals surface area (Å²) in [4.78, 5) is 17.6. The summed E-state index contributed by atoms with van der Waals surface area (Å²) in [6.45, 7) is 5.16. The average Bonchev–Trinajstić information content (AvgIpc) is 3.39. The van der Waals surface area contributed by atoms with Gasteiger partial charge in [-0.05, 0) is 29.8 Å². The number of carbonyl (C=O) groups is 1. The zero-order chi connectivity index (χ0) is 24.0. The number of carbonyl (C=O) groups excluding carboxylic acids is 1. The van der Waals surface area contributed by atoms with E-state index in [9.17, 15) is 4.79 Å². The number of benzene rings is 2. The first-order chi connectivity index (χ1) is 17.2. The number of allylic oxidation sites excluding steroid dienone is 5. The number of hydrazine groups is 1. The van der Waals surface area contributed by atoms with Crippen LogP contribution < -0.4 is 20.5 Å². The van der Waals surface area contributed by atoms with Crippen LogP contribution in [0.4, 0.5) is 5.69 Å². The van der Waals surface area contributed by atoms with Crippen LogP contribution in [-0.2, 0) is 9.53 Å². The fourth-order valence-electron chi connectivity index (χ4n) is 4.57. The third-order valence-electron chi connectivity index (χ3n) is 6.46. The fourth-order valence-corrected chi connectivity index (χ4v) is 4.57. The van der Waals surface area contributed by atoms with E-state index in [2.05, 4.69) is 26.7 Å². The van der Waals surface area contributed by atoms with Crippen molar-refractivity contribution in [2.24, 2.45) is 0 Å². The van der Waals surface area contributed by atoms with Crippen LogP contribution in [0.2, 0.25) is 0 Å². The molecule has 0 atom stereocenters. The quantitative estimate of drug-likeness (QED) is 0.602. The van der Waals surface area contributed by atoms with Crippen LogP contribution in [-0.4, -0.2) is 57.1 Å². The van der Waals surface area contributed by atoms with Gasteiger partial charge in [0.2, 0.25) is 0 Å². The Labute approximate surface area is 206 Å². The fraction of sp³-hybridized carbons (Fsp3) is 0.250. The SMILES string of the molecule is COc1ccccc1N1CCN(CCOC2=CC(=O)/C(=C3\NNC=C3c3ccccc3)C=C2)CC1. The molecule has 0 unspecified atom stereocenters. The number of rotatable bonds is 7. The summed E-state index contributed by atoms with van der Waals surface area (Å²) >= 11 is 0. The molecule has 1 saturated heterocycles.